The normalized spacial score (nSPS) is 18.1. The second-order valence-electron chi connectivity index (χ2n) is 7.08. The maximum atomic E-state index is 12.8. The van der Waals surface area contributed by atoms with Gasteiger partial charge >= 0.3 is 0 Å². The van der Waals surface area contributed by atoms with Gasteiger partial charge in [0, 0.05) is 12.1 Å². The Balaban J connectivity index is 2.09. The van der Waals surface area contributed by atoms with Crippen molar-refractivity contribution in [3.8, 4) is 11.5 Å². The van der Waals surface area contributed by atoms with Gasteiger partial charge in [-0.05, 0) is 54.8 Å². The molecule has 1 unspecified atom stereocenters. The summed E-state index contributed by atoms with van der Waals surface area (Å²) in [6.07, 6.45) is 1.51. The van der Waals surface area contributed by atoms with Gasteiger partial charge < -0.3 is 19.8 Å². The molecular weight excluding hydrogens is 406 g/mol. The molecule has 6 nitrogen and oxygen atoms in total. The quantitative estimate of drug-likeness (QED) is 0.379. The summed E-state index contributed by atoms with van der Waals surface area (Å²) < 4.78 is 5.55. The Morgan fingerprint density at radius 3 is 2.40 bits per heavy atom. The molecule has 158 valence electrons. The number of amides is 1. The minimum Gasteiger partial charge on any atom is -0.507 e. The van der Waals surface area contributed by atoms with Crippen LogP contribution in [0, 0.1) is 0 Å². The number of nitrogens with zero attached hydrogens (tertiary/aromatic N) is 1. The molecule has 0 aromatic heterocycles. The van der Waals surface area contributed by atoms with Gasteiger partial charge in [0.1, 0.15) is 17.3 Å². The van der Waals surface area contributed by atoms with Crippen LogP contribution in [0.3, 0.4) is 0 Å². The van der Waals surface area contributed by atoms with Crippen LogP contribution in [-0.2, 0) is 9.59 Å². The zero-order valence-electron chi connectivity index (χ0n) is 16.9. The molecule has 7 heteroatoms. The summed E-state index contributed by atoms with van der Waals surface area (Å²) in [5.74, 6) is -1.13. The Kier molecular flexibility index (Phi) is 6.67. The second-order valence-corrected chi connectivity index (χ2v) is 7.48. The fraction of sp³-hybridized carbons (Fsp3) is 0.304. The van der Waals surface area contributed by atoms with E-state index in [1.54, 1.807) is 30.3 Å². The lowest BCUT2D eigenvalue weighted by atomic mass is 9.95. The molecule has 2 N–H and O–H groups in total. The summed E-state index contributed by atoms with van der Waals surface area (Å²) in [6.45, 7) is 4.82. The summed E-state index contributed by atoms with van der Waals surface area (Å²) in [5.41, 5.74) is 0.940. The molecule has 1 aliphatic rings. The SMILES string of the molecule is CCCOc1ccc(/C(O)=C2/C(=O)C(=O)N(CCC)C2c2ccc(O)c(Cl)c2)cc1. The largest absolute Gasteiger partial charge is 0.507 e. The van der Waals surface area contributed by atoms with Gasteiger partial charge in [-0.3, -0.25) is 9.59 Å². The van der Waals surface area contributed by atoms with Gasteiger partial charge in [-0.1, -0.05) is 31.5 Å². The van der Waals surface area contributed by atoms with Gasteiger partial charge in [-0.25, -0.2) is 0 Å². The highest BCUT2D eigenvalue weighted by Gasteiger charge is 2.45. The summed E-state index contributed by atoms with van der Waals surface area (Å²) in [6, 6.07) is 10.4. The fourth-order valence-corrected chi connectivity index (χ4v) is 3.66. The molecule has 1 heterocycles. The average Bonchev–Trinajstić information content (AvgIpc) is 2.99. The predicted molar refractivity (Wildman–Crippen MR) is 115 cm³/mol. The summed E-state index contributed by atoms with van der Waals surface area (Å²) in [4.78, 5) is 26.9. The number of aliphatic hydroxyl groups excluding tert-OH is 1. The molecule has 0 spiro atoms. The highest BCUT2D eigenvalue weighted by atomic mass is 35.5. The molecule has 0 saturated carbocycles. The number of carbonyl (C=O) groups excluding carboxylic acids is 2. The number of halogens is 1. The molecule has 1 aliphatic heterocycles. The molecule has 3 rings (SSSR count). The molecular formula is C23H24ClNO5. The number of aromatic hydroxyl groups is 1. The van der Waals surface area contributed by atoms with Crippen LogP contribution in [0.4, 0.5) is 0 Å². The molecule has 0 bridgehead atoms. The van der Waals surface area contributed by atoms with Crippen LogP contribution in [-0.4, -0.2) is 40.0 Å². The average molecular weight is 430 g/mol. The van der Waals surface area contributed by atoms with Crippen molar-refractivity contribution in [2.45, 2.75) is 32.7 Å². The zero-order chi connectivity index (χ0) is 21.8. The third-order valence-corrected chi connectivity index (χ3v) is 5.20. The molecule has 30 heavy (non-hydrogen) atoms. The number of carbonyl (C=O) groups is 2. The molecule has 2 aromatic rings. The van der Waals surface area contributed by atoms with E-state index >= 15 is 0 Å². The van der Waals surface area contributed by atoms with Crippen molar-refractivity contribution < 1.29 is 24.5 Å². The number of phenols is 1. The van der Waals surface area contributed by atoms with Crippen LogP contribution in [0.1, 0.15) is 43.9 Å². The number of Topliss-reactive ketones (excluding diaryl/α,β-unsaturated/α-hetero) is 1. The molecule has 1 saturated heterocycles. The lowest BCUT2D eigenvalue weighted by Crippen LogP contribution is -2.30. The lowest BCUT2D eigenvalue weighted by molar-refractivity contribution is -0.139. The monoisotopic (exact) mass is 429 g/mol. The standard InChI is InChI=1S/C23H24ClNO5/c1-3-11-25-20(15-7-10-18(26)17(24)13-15)19(22(28)23(25)29)21(27)14-5-8-16(9-6-14)30-12-4-2/h5-10,13,20,26-27H,3-4,11-12H2,1-2H3/b21-19-. The summed E-state index contributed by atoms with van der Waals surface area (Å²) in [5, 5.41) is 20.8. The van der Waals surface area contributed by atoms with Crippen LogP contribution in [0.2, 0.25) is 5.02 Å². The van der Waals surface area contributed by atoms with Gasteiger partial charge in [0.15, 0.2) is 0 Å². The van der Waals surface area contributed by atoms with Crippen LogP contribution < -0.4 is 4.74 Å². The zero-order valence-corrected chi connectivity index (χ0v) is 17.6. The first kappa shape index (κ1) is 21.7. The van der Waals surface area contributed by atoms with Crippen molar-refractivity contribution in [1.82, 2.24) is 4.90 Å². The predicted octanol–water partition coefficient (Wildman–Crippen LogP) is 4.67. The van der Waals surface area contributed by atoms with Gasteiger partial charge in [0.25, 0.3) is 11.7 Å². The first-order valence-corrected chi connectivity index (χ1v) is 10.3. The Labute approximate surface area is 180 Å². The van der Waals surface area contributed by atoms with E-state index in [0.717, 1.165) is 6.42 Å². The van der Waals surface area contributed by atoms with Gasteiger partial charge in [-0.2, -0.15) is 0 Å². The Morgan fingerprint density at radius 2 is 1.80 bits per heavy atom. The van der Waals surface area contributed by atoms with Gasteiger partial charge in [0.05, 0.1) is 23.2 Å². The lowest BCUT2D eigenvalue weighted by Gasteiger charge is -2.25. The van der Waals surface area contributed by atoms with Gasteiger partial charge in [0.2, 0.25) is 0 Å². The Hall–Kier alpha value is -2.99. The maximum Gasteiger partial charge on any atom is 0.295 e. The van der Waals surface area contributed by atoms with E-state index in [9.17, 15) is 19.8 Å². The molecule has 0 aliphatic carbocycles. The number of hydrogen-bond donors (Lipinski definition) is 2. The van der Waals surface area contributed by atoms with Crippen molar-refractivity contribution in [2.24, 2.45) is 0 Å². The topological polar surface area (TPSA) is 87.1 Å². The highest BCUT2D eigenvalue weighted by molar-refractivity contribution is 6.46. The van der Waals surface area contributed by atoms with E-state index in [4.69, 9.17) is 16.3 Å². The molecule has 0 radical (unpaired) electrons. The number of aliphatic hydroxyl groups is 1. The number of rotatable bonds is 7. The number of ketones is 1. The number of benzene rings is 2. The van der Waals surface area contributed by atoms with Gasteiger partial charge in [-0.15, -0.1) is 0 Å². The van der Waals surface area contributed by atoms with E-state index in [-0.39, 0.29) is 22.1 Å². The maximum absolute atomic E-state index is 12.8. The first-order valence-electron chi connectivity index (χ1n) is 9.89. The van der Waals surface area contributed by atoms with Crippen molar-refractivity contribution in [3.05, 3.63) is 64.2 Å². The number of hydrogen-bond acceptors (Lipinski definition) is 5. The number of likely N-dealkylation sites (tertiary alicyclic amines) is 1. The van der Waals surface area contributed by atoms with Crippen LogP contribution >= 0.6 is 11.6 Å². The van der Waals surface area contributed by atoms with E-state index in [1.165, 1.54) is 17.0 Å². The van der Waals surface area contributed by atoms with Crippen LogP contribution in [0.15, 0.2) is 48.0 Å². The Bertz CT molecular complexity index is 984. The van der Waals surface area contributed by atoms with E-state index in [0.29, 0.717) is 36.4 Å². The molecule has 2 aromatic carbocycles. The number of ether oxygens (including phenoxy) is 1. The minimum atomic E-state index is -0.793. The smallest absolute Gasteiger partial charge is 0.295 e. The van der Waals surface area contributed by atoms with Crippen molar-refractivity contribution >= 4 is 29.1 Å². The molecule has 1 atom stereocenters. The third kappa shape index (κ3) is 4.14. The molecule has 1 fully saturated rings. The first-order chi connectivity index (χ1) is 14.4. The highest BCUT2D eigenvalue weighted by Crippen LogP contribution is 2.41. The number of phenolic OH excluding ortho intramolecular Hbond substituents is 1. The van der Waals surface area contributed by atoms with Crippen LogP contribution in [0.5, 0.6) is 11.5 Å². The van der Waals surface area contributed by atoms with Crippen molar-refractivity contribution in [1.29, 1.82) is 0 Å². The van der Waals surface area contributed by atoms with Crippen molar-refractivity contribution in [2.75, 3.05) is 13.2 Å². The summed E-state index contributed by atoms with van der Waals surface area (Å²) >= 11 is 6.06. The Morgan fingerprint density at radius 1 is 1.10 bits per heavy atom. The van der Waals surface area contributed by atoms with Crippen LogP contribution in [0.25, 0.3) is 5.76 Å². The van der Waals surface area contributed by atoms with E-state index in [1.807, 2.05) is 13.8 Å². The third-order valence-electron chi connectivity index (χ3n) is 4.89. The fourth-order valence-electron chi connectivity index (χ4n) is 3.48. The second kappa shape index (κ2) is 9.22. The van der Waals surface area contributed by atoms with E-state index in [2.05, 4.69) is 0 Å². The summed E-state index contributed by atoms with van der Waals surface area (Å²) in [7, 11) is 0. The van der Waals surface area contributed by atoms with Crippen molar-refractivity contribution in [3.63, 3.8) is 0 Å². The minimum absolute atomic E-state index is 0.00238. The molecule has 1 amide bonds. The van der Waals surface area contributed by atoms with E-state index < -0.39 is 17.7 Å².